The number of rotatable bonds is 5. The third-order valence-electron chi connectivity index (χ3n) is 3.52. The van der Waals surface area contributed by atoms with Gasteiger partial charge in [0.05, 0.1) is 15.6 Å². The zero-order valence-electron chi connectivity index (χ0n) is 13.6. The average molecular weight is 394 g/mol. The number of hydrogen-bond donors (Lipinski definition) is 1. The molecule has 0 radical (unpaired) electrons. The Balaban J connectivity index is 1.56. The maximum atomic E-state index is 11.9. The van der Waals surface area contributed by atoms with Crippen molar-refractivity contribution in [3.8, 4) is 0 Å². The van der Waals surface area contributed by atoms with E-state index in [1.807, 2.05) is 12.1 Å². The van der Waals surface area contributed by atoms with Gasteiger partial charge in [-0.3, -0.25) is 9.59 Å². The van der Waals surface area contributed by atoms with Crippen molar-refractivity contribution in [1.29, 1.82) is 0 Å². The summed E-state index contributed by atoms with van der Waals surface area (Å²) in [4.78, 5) is 27.8. The number of halogens is 2. The Labute approximate surface area is 158 Å². The lowest BCUT2D eigenvalue weighted by molar-refractivity contribution is -0.148. The second-order valence-corrected chi connectivity index (χ2v) is 6.12. The molecule has 0 saturated heterocycles. The number of para-hydroxylation sites is 1. The van der Waals surface area contributed by atoms with Crippen LogP contribution in [0.5, 0.6) is 0 Å². The van der Waals surface area contributed by atoms with E-state index in [1.54, 1.807) is 19.1 Å². The predicted molar refractivity (Wildman–Crippen MR) is 96.1 cm³/mol. The Morgan fingerprint density at radius 1 is 1.27 bits per heavy atom. The Hall–Kier alpha value is -2.71. The van der Waals surface area contributed by atoms with Gasteiger partial charge in [-0.1, -0.05) is 40.5 Å². The number of pyridine rings is 1. The van der Waals surface area contributed by atoms with E-state index in [4.69, 9.17) is 27.9 Å². The van der Waals surface area contributed by atoms with Crippen LogP contribution in [-0.4, -0.2) is 38.5 Å². The SMILES string of the molecule is Cc1c(Cl)cnc(NC(=O)COC(=O)Cn2nnc3ccccc32)c1Cl. The lowest BCUT2D eigenvalue weighted by atomic mass is 10.3. The van der Waals surface area contributed by atoms with Gasteiger partial charge in [0.15, 0.2) is 12.4 Å². The molecule has 26 heavy (non-hydrogen) atoms. The molecule has 0 aliphatic heterocycles. The van der Waals surface area contributed by atoms with Crippen LogP contribution >= 0.6 is 23.2 Å². The summed E-state index contributed by atoms with van der Waals surface area (Å²) in [7, 11) is 0. The zero-order valence-corrected chi connectivity index (χ0v) is 15.1. The maximum Gasteiger partial charge on any atom is 0.328 e. The first kappa shape index (κ1) is 18.1. The normalized spacial score (nSPS) is 10.7. The molecule has 0 aliphatic carbocycles. The number of hydrogen-bond acceptors (Lipinski definition) is 6. The summed E-state index contributed by atoms with van der Waals surface area (Å²) < 4.78 is 6.35. The van der Waals surface area contributed by atoms with Gasteiger partial charge >= 0.3 is 5.97 Å². The second kappa shape index (κ2) is 7.67. The molecule has 8 nitrogen and oxygen atoms in total. The maximum absolute atomic E-state index is 11.9. The summed E-state index contributed by atoms with van der Waals surface area (Å²) in [5.74, 6) is -1.04. The number of aromatic nitrogens is 4. The summed E-state index contributed by atoms with van der Waals surface area (Å²) in [6.45, 7) is 1.06. The van der Waals surface area contributed by atoms with Crippen LogP contribution in [0.1, 0.15) is 5.56 Å². The van der Waals surface area contributed by atoms with Crippen molar-refractivity contribution in [2.75, 3.05) is 11.9 Å². The molecule has 0 fully saturated rings. The van der Waals surface area contributed by atoms with Gasteiger partial charge in [0.1, 0.15) is 12.1 Å². The van der Waals surface area contributed by atoms with Crippen LogP contribution in [-0.2, 0) is 20.9 Å². The second-order valence-electron chi connectivity index (χ2n) is 5.34. The number of nitrogens with one attached hydrogen (secondary N) is 1. The Kier molecular flexibility index (Phi) is 5.34. The van der Waals surface area contributed by atoms with Crippen molar-refractivity contribution in [2.45, 2.75) is 13.5 Å². The fraction of sp³-hybridized carbons (Fsp3) is 0.188. The van der Waals surface area contributed by atoms with Gasteiger partial charge in [-0.2, -0.15) is 0 Å². The van der Waals surface area contributed by atoms with Crippen molar-refractivity contribution in [1.82, 2.24) is 20.0 Å². The molecule has 2 heterocycles. The number of carbonyl (C=O) groups excluding carboxylic acids is 2. The van der Waals surface area contributed by atoms with Crippen LogP contribution < -0.4 is 5.32 Å². The number of amides is 1. The molecule has 0 saturated carbocycles. The van der Waals surface area contributed by atoms with Gasteiger partial charge in [0.25, 0.3) is 5.91 Å². The lowest BCUT2D eigenvalue weighted by Crippen LogP contribution is -2.23. The van der Waals surface area contributed by atoms with Gasteiger partial charge in [-0.05, 0) is 24.6 Å². The first-order chi connectivity index (χ1) is 12.5. The van der Waals surface area contributed by atoms with Crippen LogP contribution in [0.3, 0.4) is 0 Å². The smallest absolute Gasteiger partial charge is 0.328 e. The number of benzene rings is 1. The first-order valence-electron chi connectivity index (χ1n) is 7.50. The van der Waals surface area contributed by atoms with E-state index in [9.17, 15) is 9.59 Å². The van der Waals surface area contributed by atoms with E-state index in [1.165, 1.54) is 10.9 Å². The third kappa shape index (κ3) is 3.92. The molecule has 0 bridgehead atoms. The van der Waals surface area contributed by atoms with Crippen LogP contribution in [0.4, 0.5) is 5.82 Å². The van der Waals surface area contributed by atoms with E-state index >= 15 is 0 Å². The monoisotopic (exact) mass is 393 g/mol. The minimum atomic E-state index is -0.623. The zero-order chi connectivity index (χ0) is 18.7. The van der Waals surface area contributed by atoms with Gasteiger partial charge in [-0.25, -0.2) is 9.67 Å². The number of ether oxygens (including phenoxy) is 1. The van der Waals surface area contributed by atoms with E-state index in [0.29, 0.717) is 21.6 Å². The van der Waals surface area contributed by atoms with Crippen molar-refractivity contribution in [2.24, 2.45) is 0 Å². The van der Waals surface area contributed by atoms with Crippen LogP contribution in [0, 0.1) is 6.92 Å². The number of carbonyl (C=O) groups is 2. The molecule has 0 spiro atoms. The van der Waals surface area contributed by atoms with Crippen LogP contribution in [0.2, 0.25) is 10.0 Å². The van der Waals surface area contributed by atoms with Crippen LogP contribution in [0.25, 0.3) is 11.0 Å². The number of esters is 1. The van der Waals surface area contributed by atoms with Crippen molar-refractivity contribution >= 4 is 51.9 Å². The van der Waals surface area contributed by atoms with Gasteiger partial charge < -0.3 is 10.1 Å². The predicted octanol–water partition coefficient (Wildman–Crippen LogP) is 2.62. The number of anilines is 1. The molecular weight excluding hydrogens is 381 g/mol. The van der Waals surface area contributed by atoms with Gasteiger partial charge in [-0.15, -0.1) is 5.10 Å². The van der Waals surface area contributed by atoms with Crippen molar-refractivity contribution in [3.63, 3.8) is 0 Å². The van der Waals surface area contributed by atoms with E-state index in [-0.39, 0.29) is 17.4 Å². The molecule has 3 aromatic rings. The molecule has 10 heteroatoms. The van der Waals surface area contributed by atoms with Crippen molar-refractivity contribution < 1.29 is 14.3 Å². The van der Waals surface area contributed by atoms with E-state index in [0.717, 1.165) is 0 Å². The highest BCUT2D eigenvalue weighted by atomic mass is 35.5. The average Bonchev–Trinajstić information content (AvgIpc) is 3.03. The molecule has 0 atom stereocenters. The molecule has 134 valence electrons. The molecular formula is C16H13Cl2N5O3. The summed E-state index contributed by atoms with van der Waals surface area (Å²) in [5, 5.41) is 10.9. The van der Waals surface area contributed by atoms with Gasteiger partial charge in [0, 0.05) is 6.20 Å². The molecule has 1 amide bonds. The fourth-order valence-corrected chi connectivity index (χ4v) is 2.55. The van der Waals surface area contributed by atoms with Gasteiger partial charge in [0.2, 0.25) is 0 Å². The fourth-order valence-electron chi connectivity index (χ4n) is 2.16. The molecule has 0 unspecified atom stereocenters. The summed E-state index contributed by atoms with van der Waals surface area (Å²) >= 11 is 12.0. The number of nitrogens with zero attached hydrogens (tertiary/aromatic N) is 4. The highest BCUT2D eigenvalue weighted by Gasteiger charge is 2.14. The molecule has 3 rings (SSSR count). The van der Waals surface area contributed by atoms with Crippen LogP contribution in [0.15, 0.2) is 30.5 Å². The summed E-state index contributed by atoms with van der Waals surface area (Å²) in [6, 6.07) is 7.20. The van der Waals surface area contributed by atoms with E-state index < -0.39 is 18.5 Å². The third-order valence-corrected chi connectivity index (χ3v) is 4.37. The lowest BCUT2D eigenvalue weighted by Gasteiger charge is -2.09. The highest BCUT2D eigenvalue weighted by molar-refractivity contribution is 6.37. The molecule has 1 N–H and O–H groups in total. The largest absolute Gasteiger partial charge is 0.454 e. The Bertz CT molecular complexity index is 989. The Morgan fingerprint density at radius 2 is 2.04 bits per heavy atom. The summed E-state index contributed by atoms with van der Waals surface area (Å²) in [5.41, 5.74) is 1.95. The molecule has 1 aromatic carbocycles. The number of fused-ring (bicyclic) bond motifs is 1. The molecule has 2 aromatic heterocycles. The summed E-state index contributed by atoms with van der Waals surface area (Å²) in [6.07, 6.45) is 1.38. The topological polar surface area (TPSA) is 99.0 Å². The quantitative estimate of drug-likeness (QED) is 0.668. The molecule has 0 aliphatic rings. The highest BCUT2D eigenvalue weighted by Crippen LogP contribution is 2.28. The standard InChI is InChI=1S/C16H13Cl2N5O3/c1-9-10(17)6-19-16(15(9)18)20-13(24)8-26-14(25)7-23-12-5-3-2-4-11(12)21-22-23/h2-6H,7-8H2,1H3,(H,19,20,24). The first-order valence-corrected chi connectivity index (χ1v) is 8.25. The van der Waals surface area contributed by atoms with Crippen molar-refractivity contribution in [3.05, 3.63) is 46.1 Å². The minimum absolute atomic E-state index is 0.150. The Morgan fingerprint density at radius 3 is 2.85 bits per heavy atom. The minimum Gasteiger partial charge on any atom is -0.454 e. The van der Waals surface area contributed by atoms with E-state index in [2.05, 4.69) is 20.6 Å².